The van der Waals surface area contributed by atoms with Gasteiger partial charge in [-0.3, -0.25) is 0 Å². The van der Waals surface area contributed by atoms with Gasteiger partial charge in [0, 0.05) is 12.0 Å². The van der Waals surface area contributed by atoms with E-state index >= 15 is 0 Å². The van der Waals surface area contributed by atoms with Crippen LogP contribution in [0.2, 0.25) is 0 Å². The van der Waals surface area contributed by atoms with Crippen LogP contribution in [0.3, 0.4) is 0 Å². The van der Waals surface area contributed by atoms with Gasteiger partial charge in [-0.25, -0.2) is 9.97 Å². The molecule has 166 valence electrons. The van der Waals surface area contributed by atoms with Gasteiger partial charge in [0.05, 0.1) is 17.1 Å². The first-order valence-electron chi connectivity index (χ1n) is 11.9. The number of aryl methyl sites for hydroxylation is 2. The Balaban J connectivity index is 0.000000207. The summed E-state index contributed by atoms with van der Waals surface area (Å²) < 4.78 is 0. The summed E-state index contributed by atoms with van der Waals surface area (Å²) in [6.07, 6.45) is 20.5. The molecule has 4 heteroatoms. The lowest BCUT2D eigenvalue weighted by molar-refractivity contribution is -0.107. The van der Waals surface area contributed by atoms with Crippen molar-refractivity contribution >= 4 is 17.7 Å². The van der Waals surface area contributed by atoms with Crippen molar-refractivity contribution in [3.05, 3.63) is 82.9 Å². The average molecular weight is 428 g/mol. The van der Waals surface area contributed by atoms with E-state index in [1.807, 2.05) is 30.3 Å². The number of nitrogens with two attached hydrogens (primary N) is 1. The minimum atomic E-state index is 0.629. The quantitative estimate of drug-likeness (QED) is 0.610. The van der Waals surface area contributed by atoms with Crippen LogP contribution < -0.4 is 5.73 Å². The molecule has 1 saturated carbocycles. The molecule has 3 aliphatic carbocycles. The van der Waals surface area contributed by atoms with Crippen LogP contribution in [-0.4, -0.2) is 16.3 Å². The van der Waals surface area contributed by atoms with Gasteiger partial charge in [0.2, 0.25) is 0 Å². The Hall–Kier alpha value is -3.01. The third-order valence-electron chi connectivity index (χ3n) is 6.60. The van der Waals surface area contributed by atoms with E-state index in [0.717, 1.165) is 61.4 Å². The summed E-state index contributed by atoms with van der Waals surface area (Å²) in [6.45, 7) is 0. The summed E-state index contributed by atoms with van der Waals surface area (Å²) >= 11 is 0. The van der Waals surface area contributed by atoms with Crippen molar-refractivity contribution in [3.8, 4) is 0 Å². The number of hydrogen-bond acceptors (Lipinski definition) is 4. The van der Waals surface area contributed by atoms with E-state index in [-0.39, 0.29) is 0 Å². The van der Waals surface area contributed by atoms with Crippen LogP contribution in [0.5, 0.6) is 0 Å². The molecule has 0 bridgehead atoms. The van der Waals surface area contributed by atoms with Gasteiger partial charge in [0.15, 0.2) is 0 Å². The molecule has 2 aromatic rings. The first kappa shape index (κ1) is 22.2. The Morgan fingerprint density at radius 1 is 1.03 bits per heavy atom. The molecule has 32 heavy (non-hydrogen) atoms. The second-order valence-electron chi connectivity index (χ2n) is 8.91. The third-order valence-corrected chi connectivity index (χ3v) is 6.60. The number of hydrogen-bond donors (Lipinski definition) is 1. The van der Waals surface area contributed by atoms with Crippen LogP contribution in [0.4, 0.5) is 5.82 Å². The second-order valence-corrected chi connectivity index (χ2v) is 8.91. The fraction of sp³-hybridized carbons (Fsp3) is 0.393. The molecule has 4 nitrogen and oxygen atoms in total. The van der Waals surface area contributed by atoms with Crippen molar-refractivity contribution in [3.63, 3.8) is 0 Å². The number of nitrogens with zero attached hydrogens (tertiary/aromatic N) is 2. The maximum absolute atomic E-state index is 9.98. The molecule has 0 saturated heterocycles. The van der Waals surface area contributed by atoms with Crippen LogP contribution in [0.15, 0.2) is 60.2 Å². The molecular weight excluding hydrogens is 394 g/mol. The Bertz CT molecular complexity index is 1010. The molecule has 5 rings (SSSR count). The lowest BCUT2D eigenvalue weighted by Gasteiger charge is -2.21. The van der Waals surface area contributed by atoms with Crippen LogP contribution >= 0.6 is 0 Å². The monoisotopic (exact) mass is 427 g/mol. The predicted molar refractivity (Wildman–Crippen MR) is 131 cm³/mol. The summed E-state index contributed by atoms with van der Waals surface area (Å²) in [5.41, 5.74) is 13.4. The normalized spacial score (nSPS) is 17.2. The summed E-state index contributed by atoms with van der Waals surface area (Å²) in [5, 5.41) is 0. The van der Waals surface area contributed by atoms with Gasteiger partial charge in [-0.1, -0.05) is 85.9 Å². The van der Waals surface area contributed by atoms with Gasteiger partial charge in [-0.15, -0.1) is 0 Å². The van der Waals surface area contributed by atoms with Crippen LogP contribution in [0.1, 0.15) is 67.6 Å². The number of anilines is 1. The van der Waals surface area contributed by atoms with E-state index in [9.17, 15) is 4.79 Å². The molecule has 1 aromatic heterocycles. The zero-order chi connectivity index (χ0) is 22.2. The topological polar surface area (TPSA) is 68.9 Å². The molecule has 0 spiro atoms. The largest absolute Gasteiger partial charge is 0.382 e. The molecule has 0 amide bonds. The van der Waals surface area contributed by atoms with E-state index < -0.39 is 0 Å². The molecule has 3 aliphatic rings. The van der Waals surface area contributed by atoms with Crippen LogP contribution in [0, 0.1) is 5.92 Å². The highest BCUT2D eigenvalue weighted by Crippen LogP contribution is 2.35. The van der Waals surface area contributed by atoms with Crippen molar-refractivity contribution in [2.45, 2.75) is 64.2 Å². The fourth-order valence-electron chi connectivity index (χ4n) is 4.84. The SMILES string of the molecule is Nc1nc2c(nc1CC1CCCC1)C1=C(CC=CC=C1)CC2.O=CCCc1ccccc1. The fourth-order valence-corrected chi connectivity index (χ4v) is 4.84. The molecule has 0 aliphatic heterocycles. The number of carbonyl (C=O) groups excluding carboxylic acids is 1. The van der Waals surface area contributed by atoms with Crippen molar-refractivity contribution in [1.82, 2.24) is 9.97 Å². The van der Waals surface area contributed by atoms with Crippen molar-refractivity contribution in [1.29, 1.82) is 0 Å². The maximum atomic E-state index is 9.98. The minimum absolute atomic E-state index is 0.629. The van der Waals surface area contributed by atoms with Crippen LogP contribution in [0.25, 0.3) is 5.57 Å². The maximum Gasteiger partial charge on any atom is 0.145 e. The van der Waals surface area contributed by atoms with E-state index in [0.29, 0.717) is 12.2 Å². The van der Waals surface area contributed by atoms with Crippen molar-refractivity contribution in [2.24, 2.45) is 5.92 Å². The van der Waals surface area contributed by atoms with Crippen molar-refractivity contribution < 1.29 is 4.79 Å². The Kier molecular flexibility index (Phi) is 7.65. The molecule has 0 atom stereocenters. The standard InChI is InChI=1S/C19H23N3.C9H10O/c20-19-17(12-13-6-4-5-7-13)21-18-15-9-3-1-2-8-14(15)10-11-16(18)22-19;10-8-4-7-9-5-2-1-3-6-9/h1-3,9,13H,4-8,10-12H2,(H2,20,22);1-3,5-6,8H,4,7H2. The zero-order valence-corrected chi connectivity index (χ0v) is 18.8. The number of allylic oxidation sites excluding steroid dienone is 6. The van der Waals surface area contributed by atoms with E-state index in [1.54, 1.807) is 0 Å². The van der Waals surface area contributed by atoms with E-state index in [4.69, 9.17) is 15.7 Å². The van der Waals surface area contributed by atoms with E-state index in [1.165, 1.54) is 42.4 Å². The zero-order valence-electron chi connectivity index (χ0n) is 18.8. The number of fused-ring (bicyclic) bond motifs is 2. The molecule has 0 unspecified atom stereocenters. The average Bonchev–Trinajstić information content (AvgIpc) is 3.21. The Morgan fingerprint density at radius 2 is 1.84 bits per heavy atom. The van der Waals surface area contributed by atoms with Crippen molar-refractivity contribution in [2.75, 3.05) is 5.73 Å². The molecule has 2 N–H and O–H groups in total. The summed E-state index contributed by atoms with van der Waals surface area (Å²) in [4.78, 5) is 19.7. The van der Waals surface area contributed by atoms with Gasteiger partial charge >= 0.3 is 0 Å². The number of rotatable bonds is 5. The molecule has 1 heterocycles. The highest BCUT2D eigenvalue weighted by Gasteiger charge is 2.24. The lowest BCUT2D eigenvalue weighted by Crippen LogP contribution is -2.15. The highest BCUT2D eigenvalue weighted by molar-refractivity contribution is 5.78. The Labute approximate surface area is 191 Å². The Morgan fingerprint density at radius 3 is 2.62 bits per heavy atom. The third kappa shape index (κ3) is 5.61. The predicted octanol–water partition coefficient (Wildman–Crippen LogP) is 5.83. The first-order chi connectivity index (χ1) is 15.7. The molecular formula is C28H33N3O. The smallest absolute Gasteiger partial charge is 0.145 e. The lowest BCUT2D eigenvalue weighted by atomic mass is 9.90. The van der Waals surface area contributed by atoms with Gasteiger partial charge in [0.1, 0.15) is 12.1 Å². The van der Waals surface area contributed by atoms with Gasteiger partial charge in [0.25, 0.3) is 0 Å². The van der Waals surface area contributed by atoms with Gasteiger partial charge in [-0.05, 0) is 43.6 Å². The highest BCUT2D eigenvalue weighted by atomic mass is 16.1. The minimum Gasteiger partial charge on any atom is -0.382 e. The number of benzene rings is 1. The number of aldehydes is 1. The van der Waals surface area contributed by atoms with Gasteiger partial charge in [-0.2, -0.15) is 0 Å². The summed E-state index contributed by atoms with van der Waals surface area (Å²) in [6, 6.07) is 10.0. The summed E-state index contributed by atoms with van der Waals surface area (Å²) in [5.74, 6) is 1.41. The van der Waals surface area contributed by atoms with E-state index in [2.05, 4.69) is 24.3 Å². The second kappa shape index (κ2) is 11.0. The number of carbonyl (C=O) groups is 1. The first-order valence-corrected chi connectivity index (χ1v) is 11.9. The molecule has 1 fully saturated rings. The molecule has 1 aromatic carbocycles. The number of aromatic nitrogens is 2. The number of nitrogen functional groups attached to an aromatic ring is 1. The van der Waals surface area contributed by atoms with Crippen LogP contribution in [-0.2, 0) is 24.1 Å². The molecule has 0 radical (unpaired) electrons. The van der Waals surface area contributed by atoms with Gasteiger partial charge < -0.3 is 10.5 Å². The summed E-state index contributed by atoms with van der Waals surface area (Å²) in [7, 11) is 0.